The van der Waals surface area contributed by atoms with E-state index in [4.69, 9.17) is 10.1 Å². The number of hydrogen-bond donors (Lipinski definition) is 2. The van der Waals surface area contributed by atoms with Crippen molar-refractivity contribution in [3.8, 4) is 0 Å². The van der Waals surface area contributed by atoms with Gasteiger partial charge >= 0.3 is 0 Å². The number of allylic oxidation sites excluding steroid dienone is 6. The molecule has 7 nitrogen and oxygen atoms in total. The molecule has 0 spiro atoms. The smallest absolute Gasteiger partial charge is 0.153 e. The van der Waals surface area contributed by atoms with Gasteiger partial charge in [-0.05, 0) is 44.7 Å². The van der Waals surface area contributed by atoms with Crippen LogP contribution in [0, 0.1) is 5.41 Å². The van der Waals surface area contributed by atoms with Crippen LogP contribution in [-0.2, 0) is 4.74 Å². The molecular formula is C23H28F2N6O. The largest absolute Gasteiger partial charge is 0.488 e. The summed E-state index contributed by atoms with van der Waals surface area (Å²) in [6.45, 7) is 13.4. The number of rotatable bonds is 11. The van der Waals surface area contributed by atoms with Gasteiger partial charge in [-0.2, -0.15) is 0 Å². The lowest BCUT2D eigenvalue weighted by atomic mass is 10.1. The maximum atomic E-state index is 13.7. The third-order valence-electron chi connectivity index (χ3n) is 4.75. The van der Waals surface area contributed by atoms with Crippen LogP contribution in [0.5, 0.6) is 0 Å². The minimum absolute atomic E-state index is 0.00901. The predicted octanol–water partition coefficient (Wildman–Crippen LogP) is 4.67. The summed E-state index contributed by atoms with van der Waals surface area (Å²) in [6, 6.07) is 0. The summed E-state index contributed by atoms with van der Waals surface area (Å²) in [5.74, 6) is -0.590. The molecule has 1 saturated heterocycles. The van der Waals surface area contributed by atoms with Crippen molar-refractivity contribution in [1.29, 1.82) is 5.41 Å². The number of ether oxygens (including phenoxy) is 1. The van der Waals surface area contributed by atoms with Crippen LogP contribution >= 0.6 is 0 Å². The fraction of sp³-hybridized carbons (Fsp3) is 0.304. The number of halogens is 2. The zero-order chi connectivity index (χ0) is 23.5. The van der Waals surface area contributed by atoms with Gasteiger partial charge in [0.1, 0.15) is 23.5 Å². The number of imidazole rings is 1. The molecule has 170 valence electrons. The molecule has 2 heterocycles. The Balaban J connectivity index is 2.11. The standard InChI is InChI=1S/C23H28F2N6O/c1-5-19(27-4)20(14-26)30-21(23-28-10-11-29-23)15-31-12-8-18(9-13-31)32-22(17(3)25)7-6-16(2)24/h5-7,10-11,14,18,26H,1-2,4,8-9,12-13,15H2,3H3,(H,28,29)/b7-6-,20-19-,22-17-,26-14?,30-21?. The lowest BCUT2D eigenvalue weighted by molar-refractivity contribution is 0.0571. The number of H-pyrrole nitrogens is 1. The van der Waals surface area contributed by atoms with Crippen LogP contribution in [-0.4, -0.2) is 59.2 Å². The second kappa shape index (κ2) is 12.4. The third-order valence-corrected chi connectivity index (χ3v) is 4.75. The van der Waals surface area contributed by atoms with E-state index in [9.17, 15) is 8.78 Å². The summed E-state index contributed by atoms with van der Waals surface area (Å²) in [7, 11) is 0. The Morgan fingerprint density at radius 2 is 2.06 bits per heavy atom. The molecule has 0 radical (unpaired) electrons. The fourth-order valence-electron chi connectivity index (χ4n) is 3.12. The zero-order valence-electron chi connectivity index (χ0n) is 18.2. The van der Waals surface area contributed by atoms with E-state index in [1.807, 2.05) is 0 Å². The Labute approximate surface area is 186 Å². The number of aromatic amines is 1. The number of aliphatic imine (C=N–C) groups is 2. The summed E-state index contributed by atoms with van der Waals surface area (Å²) in [4.78, 5) is 17.9. The quantitative estimate of drug-likeness (QED) is 0.297. The molecule has 0 aromatic carbocycles. The molecule has 2 N–H and O–H groups in total. The van der Waals surface area contributed by atoms with Crippen LogP contribution in [0.3, 0.4) is 0 Å². The van der Waals surface area contributed by atoms with Crippen molar-refractivity contribution < 1.29 is 13.5 Å². The highest BCUT2D eigenvalue weighted by Crippen LogP contribution is 2.21. The van der Waals surface area contributed by atoms with Crippen LogP contribution in [0.15, 0.2) is 82.6 Å². The number of hydrogen-bond acceptors (Lipinski definition) is 6. The normalized spacial score (nSPS) is 17.5. The molecule has 0 saturated carbocycles. The van der Waals surface area contributed by atoms with E-state index in [0.717, 1.165) is 12.3 Å². The first-order valence-corrected chi connectivity index (χ1v) is 10.1. The molecule has 0 bridgehead atoms. The van der Waals surface area contributed by atoms with Crippen LogP contribution in [0.1, 0.15) is 25.6 Å². The van der Waals surface area contributed by atoms with Gasteiger partial charge in [0.15, 0.2) is 11.6 Å². The maximum absolute atomic E-state index is 13.7. The molecule has 1 aliphatic heterocycles. The summed E-state index contributed by atoms with van der Waals surface area (Å²) in [5, 5.41) is 7.67. The molecule has 0 unspecified atom stereocenters. The van der Waals surface area contributed by atoms with Crippen LogP contribution in [0.25, 0.3) is 0 Å². The zero-order valence-corrected chi connectivity index (χ0v) is 18.2. The van der Waals surface area contributed by atoms with Crippen molar-refractivity contribution in [3.05, 3.63) is 78.4 Å². The molecular weight excluding hydrogens is 414 g/mol. The Hall–Kier alpha value is -3.46. The first-order chi connectivity index (χ1) is 15.4. The molecule has 0 aliphatic carbocycles. The summed E-state index contributed by atoms with van der Waals surface area (Å²) in [6.07, 6.45) is 9.37. The van der Waals surface area contributed by atoms with E-state index in [0.29, 0.717) is 55.4 Å². The van der Waals surface area contributed by atoms with Gasteiger partial charge in [0.25, 0.3) is 0 Å². The molecule has 32 heavy (non-hydrogen) atoms. The van der Waals surface area contributed by atoms with Crippen molar-refractivity contribution in [2.75, 3.05) is 19.6 Å². The summed E-state index contributed by atoms with van der Waals surface area (Å²) < 4.78 is 32.3. The van der Waals surface area contributed by atoms with E-state index >= 15 is 0 Å². The highest BCUT2D eigenvalue weighted by Gasteiger charge is 2.23. The van der Waals surface area contributed by atoms with Crippen LogP contribution < -0.4 is 0 Å². The van der Waals surface area contributed by atoms with Gasteiger partial charge in [-0.25, -0.2) is 18.8 Å². The number of likely N-dealkylation sites (tertiary alicyclic amines) is 1. The lowest BCUT2D eigenvalue weighted by Gasteiger charge is -2.32. The van der Waals surface area contributed by atoms with Crippen molar-refractivity contribution in [3.63, 3.8) is 0 Å². The van der Waals surface area contributed by atoms with Crippen molar-refractivity contribution in [2.24, 2.45) is 9.98 Å². The lowest BCUT2D eigenvalue weighted by Crippen LogP contribution is -2.40. The van der Waals surface area contributed by atoms with Gasteiger partial charge in [0.05, 0.1) is 11.4 Å². The minimum atomic E-state index is -0.670. The third kappa shape index (κ3) is 7.35. The van der Waals surface area contributed by atoms with E-state index in [-0.39, 0.29) is 11.9 Å². The first kappa shape index (κ1) is 24.8. The highest BCUT2D eigenvalue weighted by molar-refractivity contribution is 6.01. The van der Waals surface area contributed by atoms with Crippen LogP contribution in [0.4, 0.5) is 8.78 Å². The van der Waals surface area contributed by atoms with Gasteiger partial charge in [0, 0.05) is 38.2 Å². The average molecular weight is 443 g/mol. The summed E-state index contributed by atoms with van der Waals surface area (Å²) >= 11 is 0. The Morgan fingerprint density at radius 3 is 2.56 bits per heavy atom. The van der Waals surface area contributed by atoms with Crippen molar-refractivity contribution in [1.82, 2.24) is 14.9 Å². The topological polar surface area (TPSA) is 89.7 Å². The highest BCUT2D eigenvalue weighted by atomic mass is 19.1. The van der Waals surface area contributed by atoms with Gasteiger partial charge in [-0.1, -0.05) is 13.2 Å². The van der Waals surface area contributed by atoms with Crippen LogP contribution in [0.2, 0.25) is 0 Å². The molecule has 0 amide bonds. The molecule has 9 heteroatoms. The van der Waals surface area contributed by atoms with E-state index in [2.05, 4.69) is 44.7 Å². The van der Waals surface area contributed by atoms with Gasteiger partial charge in [-0.15, -0.1) is 0 Å². The number of nitrogens with zero attached hydrogens (tertiary/aromatic N) is 4. The first-order valence-electron chi connectivity index (χ1n) is 10.1. The Morgan fingerprint density at radius 1 is 1.34 bits per heavy atom. The van der Waals surface area contributed by atoms with Crippen molar-refractivity contribution >= 4 is 18.6 Å². The number of aromatic nitrogens is 2. The number of nitrogens with one attached hydrogen (secondary N) is 2. The number of piperidine rings is 1. The molecule has 1 aromatic heterocycles. The van der Waals surface area contributed by atoms with Gasteiger partial charge < -0.3 is 15.1 Å². The monoisotopic (exact) mass is 442 g/mol. The molecule has 1 aliphatic rings. The average Bonchev–Trinajstić information content (AvgIpc) is 3.31. The fourth-order valence-corrected chi connectivity index (χ4v) is 3.12. The Kier molecular flexibility index (Phi) is 9.62. The van der Waals surface area contributed by atoms with Gasteiger partial charge in [0.2, 0.25) is 0 Å². The molecule has 2 rings (SSSR count). The van der Waals surface area contributed by atoms with Gasteiger partial charge in [-0.3, -0.25) is 9.89 Å². The molecule has 1 aromatic rings. The van der Waals surface area contributed by atoms with Crippen molar-refractivity contribution in [2.45, 2.75) is 25.9 Å². The second-order valence-electron chi connectivity index (χ2n) is 7.04. The van der Waals surface area contributed by atoms with E-state index < -0.39 is 11.7 Å². The van der Waals surface area contributed by atoms with E-state index in [1.165, 1.54) is 19.1 Å². The SMILES string of the molecule is C=C/C(N=C)=C(\C=N)N=C(CN1CCC(OC(/C=C\C(=C)F)=C(/C)F)CC1)c1ncc[nH]1. The maximum Gasteiger partial charge on any atom is 0.153 e. The minimum Gasteiger partial charge on any atom is -0.488 e. The second-order valence-corrected chi connectivity index (χ2v) is 7.04. The molecule has 0 atom stereocenters. The predicted molar refractivity (Wildman–Crippen MR) is 124 cm³/mol. The Bertz CT molecular complexity index is 937. The van der Waals surface area contributed by atoms with E-state index in [1.54, 1.807) is 12.4 Å². The molecule has 1 fully saturated rings. The summed E-state index contributed by atoms with van der Waals surface area (Å²) in [5.41, 5.74) is 1.37.